The summed E-state index contributed by atoms with van der Waals surface area (Å²) in [7, 11) is 0. The van der Waals surface area contributed by atoms with Crippen LogP contribution in [0.4, 0.5) is 10.5 Å². The van der Waals surface area contributed by atoms with Gasteiger partial charge in [0.25, 0.3) is 0 Å². The zero-order valence-electron chi connectivity index (χ0n) is 16.5. The van der Waals surface area contributed by atoms with Crippen LogP contribution in [-0.4, -0.2) is 11.6 Å². The number of benzene rings is 1. The molecule has 0 spiro atoms. The molecule has 1 aliphatic rings. The third kappa shape index (κ3) is 4.93. The molecule has 2 rings (SSSR count). The lowest BCUT2D eigenvalue weighted by molar-refractivity contribution is 0.237. The Kier molecular flexibility index (Phi) is 6.84. The summed E-state index contributed by atoms with van der Waals surface area (Å²) in [6.07, 6.45) is 7.34. The molecule has 1 N–H and O–H groups in total. The summed E-state index contributed by atoms with van der Waals surface area (Å²) in [5.41, 5.74) is 4.65. The van der Waals surface area contributed by atoms with Crippen LogP contribution in [0.1, 0.15) is 77.0 Å². The molecule has 0 saturated heterocycles. The lowest BCUT2D eigenvalue weighted by atomic mass is 9.94. The second-order valence-corrected chi connectivity index (χ2v) is 8.48. The number of nitrogens with zero attached hydrogens (tertiary/aromatic N) is 1. The maximum absolute atomic E-state index is 12.8. The van der Waals surface area contributed by atoms with Gasteiger partial charge in [0.1, 0.15) is 0 Å². The van der Waals surface area contributed by atoms with Gasteiger partial charge in [0.05, 0.1) is 5.69 Å². The first kappa shape index (κ1) is 20.2. The van der Waals surface area contributed by atoms with Crippen molar-refractivity contribution in [1.29, 1.82) is 0 Å². The second-order valence-electron chi connectivity index (χ2n) is 8.08. The zero-order valence-corrected chi connectivity index (χ0v) is 17.4. The zero-order chi connectivity index (χ0) is 18.6. The third-order valence-corrected chi connectivity index (χ3v) is 5.63. The maximum Gasteiger partial charge on any atom is 0.332 e. The van der Waals surface area contributed by atoms with Crippen molar-refractivity contribution in [3.8, 4) is 0 Å². The molecule has 0 aliphatic heterocycles. The summed E-state index contributed by atoms with van der Waals surface area (Å²) in [5.74, 6) is 0.623. The molecule has 1 aromatic rings. The van der Waals surface area contributed by atoms with Crippen LogP contribution in [0, 0.1) is 5.92 Å². The Balaban J connectivity index is 2.30. The first-order valence-electron chi connectivity index (χ1n) is 9.75. The molecule has 2 amide bonds. The standard InChI is InChI=1S/C21H34N2OS/c1-6-17-13-16(12-15(3)4)14-18(7-2)19(17)23(25)20(24)22-21(5)10-8-9-11-21/h13-15,25H,6-12H2,1-5H3,(H,22,24). The van der Waals surface area contributed by atoms with Gasteiger partial charge in [0.2, 0.25) is 0 Å². The van der Waals surface area contributed by atoms with Crippen LogP contribution in [0.3, 0.4) is 0 Å². The molecule has 1 fully saturated rings. The van der Waals surface area contributed by atoms with Gasteiger partial charge < -0.3 is 5.32 Å². The molecule has 25 heavy (non-hydrogen) atoms. The minimum Gasteiger partial charge on any atom is -0.332 e. The van der Waals surface area contributed by atoms with E-state index in [2.05, 4.69) is 64.9 Å². The summed E-state index contributed by atoms with van der Waals surface area (Å²) in [6.45, 7) is 10.9. The largest absolute Gasteiger partial charge is 0.332 e. The number of carbonyl (C=O) groups excluding carboxylic acids is 1. The van der Waals surface area contributed by atoms with Gasteiger partial charge in [0.15, 0.2) is 0 Å². The van der Waals surface area contributed by atoms with E-state index < -0.39 is 0 Å². The molecular weight excluding hydrogens is 328 g/mol. The van der Waals surface area contributed by atoms with Crippen molar-refractivity contribution >= 4 is 24.5 Å². The second kappa shape index (κ2) is 8.48. The van der Waals surface area contributed by atoms with Crippen molar-refractivity contribution in [3.05, 3.63) is 28.8 Å². The molecule has 0 radical (unpaired) electrons. The molecule has 1 saturated carbocycles. The Morgan fingerprint density at radius 3 is 2.16 bits per heavy atom. The lowest BCUT2D eigenvalue weighted by Gasteiger charge is -2.30. The molecule has 0 bridgehead atoms. The molecule has 0 aromatic heterocycles. The number of amides is 2. The molecule has 140 valence electrons. The highest BCUT2D eigenvalue weighted by Gasteiger charge is 2.32. The van der Waals surface area contributed by atoms with Gasteiger partial charge in [-0.1, -0.05) is 65.5 Å². The number of hydrogen-bond donors (Lipinski definition) is 2. The van der Waals surface area contributed by atoms with Crippen molar-refractivity contribution < 1.29 is 4.79 Å². The van der Waals surface area contributed by atoms with Gasteiger partial charge in [-0.25, -0.2) is 9.10 Å². The fraction of sp³-hybridized carbons (Fsp3) is 0.667. The highest BCUT2D eigenvalue weighted by molar-refractivity contribution is 7.82. The fourth-order valence-electron chi connectivity index (χ4n) is 3.93. The van der Waals surface area contributed by atoms with E-state index in [1.165, 1.54) is 29.5 Å². The molecule has 1 aliphatic carbocycles. The first-order chi connectivity index (χ1) is 11.8. The molecular formula is C21H34N2OS. The van der Waals surface area contributed by atoms with E-state index in [-0.39, 0.29) is 11.6 Å². The quantitative estimate of drug-likeness (QED) is 0.625. The minimum absolute atomic E-state index is 0.0889. The van der Waals surface area contributed by atoms with Crippen LogP contribution < -0.4 is 9.62 Å². The minimum atomic E-state index is -0.103. The summed E-state index contributed by atoms with van der Waals surface area (Å²) in [6, 6.07) is 4.40. The van der Waals surface area contributed by atoms with Crippen LogP contribution in [-0.2, 0) is 19.3 Å². The van der Waals surface area contributed by atoms with E-state index in [1.54, 1.807) is 4.31 Å². The fourth-order valence-corrected chi connectivity index (χ4v) is 4.23. The summed E-state index contributed by atoms with van der Waals surface area (Å²) < 4.78 is 1.54. The summed E-state index contributed by atoms with van der Waals surface area (Å²) in [5, 5.41) is 3.21. The van der Waals surface area contributed by atoms with Crippen LogP contribution in [0.2, 0.25) is 0 Å². The SMILES string of the molecule is CCc1cc(CC(C)C)cc(CC)c1N(S)C(=O)NC1(C)CCCC1. The Bertz CT molecular complexity index is 581. The number of urea groups is 1. The third-order valence-electron chi connectivity index (χ3n) is 5.25. The van der Waals surface area contributed by atoms with E-state index in [0.29, 0.717) is 5.92 Å². The number of aryl methyl sites for hydroxylation is 2. The normalized spacial score (nSPS) is 16.3. The van der Waals surface area contributed by atoms with E-state index in [4.69, 9.17) is 0 Å². The van der Waals surface area contributed by atoms with Gasteiger partial charge >= 0.3 is 6.03 Å². The molecule has 0 atom stereocenters. The van der Waals surface area contributed by atoms with E-state index >= 15 is 0 Å². The summed E-state index contributed by atoms with van der Waals surface area (Å²) >= 11 is 4.60. The van der Waals surface area contributed by atoms with Gasteiger partial charge in [-0.2, -0.15) is 0 Å². The van der Waals surface area contributed by atoms with Crippen molar-refractivity contribution in [3.63, 3.8) is 0 Å². The van der Waals surface area contributed by atoms with E-state index in [0.717, 1.165) is 37.8 Å². The number of anilines is 1. The average molecular weight is 363 g/mol. The number of thiol groups is 1. The van der Waals surface area contributed by atoms with Crippen LogP contribution in [0.25, 0.3) is 0 Å². The first-order valence-corrected chi connectivity index (χ1v) is 10.2. The predicted molar refractivity (Wildman–Crippen MR) is 111 cm³/mol. The average Bonchev–Trinajstić information content (AvgIpc) is 2.98. The van der Waals surface area contributed by atoms with Gasteiger partial charge in [0, 0.05) is 5.54 Å². The number of rotatable bonds is 6. The monoisotopic (exact) mass is 362 g/mol. The molecule has 3 nitrogen and oxygen atoms in total. The van der Waals surface area contributed by atoms with Crippen LogP contribution in [0.5, 0.6) is 0 Å². The van der Waals surface area contributed by atoms with Gasteiger partial charge in [-0.3, -0.25) is 0 Å². The molecule has 4 heteroatoms. The molecule has 0 heterocycles. The van der Waals surface area contributed by atoms with Crippen molar-refractivity contribution in [1.82, 2.24) is 5.32 Å². The maximum atomic E-state index is 12.8. The Hall–Kier alpha value is -1.16. The lowest BCUT2D eigenvalue weighted by Crippen LogP contribution is -2.48. The van der Waals surface area contributed by atoms with E-state index in [9.17, 15) is 4.79 Å². The smallest absolute Gasteiger partial charge is 0.332 e. The number of hydrogen-bond acceptors (Lipinski definition) is 2. The topological polar surface area (TPSA) is 32.3 Å². The number of nitrogens with one attached hydrogen (secondary N) is 1. The van der Waals surface area contributed by atoms with Crippen molar-refractivity contribution in [2.45, 2.75) is 85.1 Å². The molecule has 1 aromatic carbocycles. The Morgan fingerprint density at radius 2 is 1.72 bits per heavy atom. The van der Waals surface area contributed by atoms with Crippen molar-refractivity contribution in [2.24, 2.45) is 5.92 Å². The Labute approximate surface area is 159 Å². The molecule has 0 unspecified atom stereocenters. The number of carbonyl (C=O) groups is 1. The van der Waals surface area contributed by atoms with Gasteiger partial charge in [-0.05, 0) is 61.6 Å². The van der Waals surface area contributed by atoms with Gasteiger partial charge in [-0.15, -0.1) is 0 Å². The van der Waals surface area contributed by atoms with Crippen LogP contribution in [0.15, 0.2) is 12.1 Å². The predicted octanol–water partition coefficient (Wildman–Crippen LogP) is 5.70. The highest BCUT2D eigenvalue weighted by atomic mass is 32.1. The summed E-state index contributed by atoms with van der Waals surface area (Å²) in [4.78, 5) is 12.8. The highest BCUT2D eigenvalue weighted by Crippen LogP contribution is 2.33. The van der Waals surface area contributed by atoms with Crippen molar-refractivity contribution in [2.75, 3.05) is 4.31 Å². The Morgan fingerprint density at radius 1 is 1.20 bits per heavy atom. The van der Waals surface area contributed by atoms with Crippen LogP contribution >= 0.6 is 12.8 Å². The van der Waals surface area contributed by atoms with E-state index in [1.807, 2.05) is 0 Å².